The van der Waals surface area contributed by atoms with Gasteiger partial charge < -0.3 is 14.2 Å². The van der Waals surface area contributed by atoms with Crippen molar-refractivity contribution < 1.29 is 9.53 Å². The van der Waals surface area contributed by atoms with E-state index in [0.717, 1.165) is 44.7 Å². The first-order valence-corrected chi connectivity index (χ1v) is 9.92. The van der Waals surface area contributed by atoms with Crippen LogP contribution in [0.15, 0.2) is 61.2 Å². The number of carbonyl (C=O) groups excluding carboxylic acids is 1. The van der Waals surface area contributed by atoms with Crippen LogP contribution >= 0.6 is 0 Å². The summed E-state index contributed by atoms with van der Waals surface area (Å²) in [5.41, 5.74) is 5.79. The molecule has 0 aliphatic carbocycles. The van der Waals surface area contributed by atoms with E-state index in [2.05, 4.69) is 29.0 Å². The Kier molecular flexibility index (Phi) is 4.28. The lowest BCUT2D eigenvalue weighted by Crippen LogP contribution is -2.26. The van der Waals surface area contributed by atoms with Crippen molar-refractivity contribution in [1.29, 1.82) is 0 Å². The lowest BCUT2D eigenvalue weighted by atomic mass is 10.00. The monoisotopic (exact) mass is 398 g/mol. The first kappa shape index (κ1) is 18.4. The number of hydrogen-bond acceptors (Lipinski definition) is 4. The second-order valence-corrected chi connectivity index (χ2v) is 7.67. The van der Waals surface area contributed by atoms with Crippen molar-refractivity contribution in [3.05, 3.63) is 83.4 Å². The number of aromatic nitrogens is 3. The van der Waals surface area contributed by atoms with Crippen molar-refractivity contribution in [1.82, 2.24) is 19.4 Å². The largest absolute Gasteiger partial charge is 0.497 e. The third-order valence-electron chi connectivity index (χ3n) is 5.88. The number of methoxy groups -OCH3 is 1. The second-order valence-electron chi connectivity index (χ2n) is 7.67. The van der Waals surface area contributed by atoms with Crippen LogP contribution in [0.4, 0.5) is 0 Å². The quantitative estimate of drug-likeness (QED) is 0.509. The highest BCUT2D eigenvalue weighted by molar-refractivity contribution is 6.01. The van der Waals surface area contributed by atoms with Crippen molar-refractivity contribution in [2.45, 2.75) is 26.4 Å². The van der Waals surface area contributed by atoms with Gasteiger partial charge in [-0.3, -0.25) is 4.79 Å². The molecule has 0 saturated heterocycles. The Bertz CT molecular complexity index is 1260. The molecule has 1 aliphatic heterocycles. The summed E-state index contributed by atoms with van der Waals surface area (Å²) in [5.74, 6) is 0.892. The minimum absolute atomic E-state index is 0.00953. The summed E-state index contributed by atoms with van der Waals surface area (Å²) in [4.78, 5) is 23.7. The van der Waals surface area contributed by atoms with Gasteiger partial charge in [-0.1, -0.05) is 12.1 Å². The molecular formula is C24H22N4O2. The number of hydrogen-bond donors (Lipinski definition) is 0. The van der Waals surface area contributed by atoms with E-state index in [0.29, 0.717) is 6.54 Å². The van der Waals surface area contributed by atoms with E-state index in [1.165, 1.54) is 0 Å². The summed E-state index contributed by atoms with van der Waals surface area (Å²) in [6.07, 6.45) is 5.36. The van der Waals surface area contributed by atoms with Gasteiger partial charge in [-0.15, -0.1) is 0 Å². The minimum atomic E-state index is -0.00953. The zero-order valence-corrected chi connectivity index (χ0v) is 17.2. The first-order chi connectivity index (χ1) is 14.6. The van der Waals surface area contributed by atoms with Gasteiger partial charge in [0.05, 0.1) is 13.2 Å². The molecule has 0 fully saturated rings. The van der Waals surface area contributed by atoms with E-state index in [1.807, 2.05) is 59.1 Å². The summed E-state index contributed by atoms with van der Waals surface area (Å²) < 4.78 is 7.28. The fraction of sp³-hybridized carbons (Fsp3) is 0.208. The Morgan fingerprint density at radius 1 is 1.13 bits per heavy atom. The molecule has 6 nitrogen and oxygen atoms in total. The number of carbonyl (C=O) groups is 1. The highest BCUT2D eigenvalue weighted by atomic mass is 16.5. The zero-order valence-electron chi connectivity index (χ0n) is 17.2. The molecule has 0 N–H and O–H groups in total. The predicted molar refractivity (Wildman–Crippen MR) is 115 cm³/mol. The lowest BCUT2D eigenvalue weighted by Gasteiger charge is -2.22. The molecule has 0 spiro atoms. The Morgan fingerprint density at radius 3 is 2.70 bits per heavy atom. The van der Waals surface area contributed by atoms with Crippen molar-refractivity contribution in [2.75, 3.05) is 7.11 Å². The number of rotatable bonds is 4. The zero-order chi connectivity index (χ0) is 20.8. The van der Waals surface area contributed by atoms with Crippen LogP contribution in [0.2, 0.25) is 0 Å². The maximum absolute atomic E-state index is 13.2. The van der Waals surface area contributed by atoms with Crippen molar-refractivity contribution in [2.24, 2.45) is 0 Å². The average Bonchev–Trinajstić information content (AvgIpc) is 3.29. The van der Waals surface area contributed by atoms with E-state index >= 15 is 0 Å². The molecule has 0 bridgehead atoms. The average molecular weight is 398 g/mol. The van der Waals surface area contributed by atoms with Gasteiger partial charge in [0, 0.05) is 35.6 Å². The predicted octanol–water partition coefficient (Wildman–Crippen LogP) is 4.45. The highest BCUT2D eigenvalue weighted by Crippen LogP contribution is 2.38. The van der Waals surface area contributed by atoms with Gasteiger partial charge in [0.1, 0.15) is 17.7 Å². The topological polar surface area (TPSA) is 60.2 Å². The van der Waals surface area contributed by atoms with Gasteiger partial charge in [-0.25, -0.2) is 9.97 Å². The van der Waals surface area contributed by atoms with E-state index in [9.17, 15) is 4.79 Å². The summed E-state index contributed by atoms with van der Waals surface area (Å²) in [6.45, 7) is 4.66. The van der Waals surface area contributed by atoms with Crippen molar-refractivity contribution in [3.63, 3.8) is 0 Å². The highest BCUT2D eigenvalue weighted by Gasteiger charge is 2.35. The molecule has 2 aromatic heterocycles. The summed E-state index contributed by atoms with van der Waals surface area (Å²) in [5, 5.41) is 0.987. The molecule has 5 rings (SSSR count). The molecule has 0 saturated carbocycles. The summed E-state index contributed by atoms with van der Waals surface area (Å²) in [7, 11) is 1.65. The molecule has 1 aliphatic rings. The van der Waals surface area contributed by atoms with E-state index < -0.39 is 0 Å². The minimum Gasteiger partial charge on any atom is -0.497 e. The van der Waals surface area contributed by atoms with Crippen LogP contribution in [0.5, 0.6) is 5.75 Å². The second kappa shape index (κ2) is 6.99. The number of amides is 1. The summed E-state index contributed by atoms with van der Waals surface area (Å²) in [6, 6.07) is 14.0. The van der Waals surface area contributed by atoms with Gasteiger partial charge >= 0.3 is 0 Å². The third kappa shape index (κ3) is 2.84. The van der Waals surface area contributed by atoms with Crippen LogP contribution in [0.3, 0.4) is 0 Å². The maximum Gasteiger partial charge on any atom is 0.255 e. The van der Waals surface area contributed by atoms with Crippen LogP contribution < -0.4 is 4.74 Å². The fourth-order valence-electron chi connectivity index (χ4n) is 4.27. The normalized spacial score (nSPS) is 15.6. The summed E-state index contributed by atoms with van der Waals surface area (Å²) >= 11 is 0. The number of ether oxygens (including phenoxy) is 1. The third-order valence-corrected chi connectivity index (χ3v) is 5.88. The Morgan fingerprint density at radius 2 is 1.93 bits per heavy atom. The standard InChI is InChI=1S/C24H22N4O2/c1-15-10-19(27-9-8-18-12-25-14-26-23(18)27)11-21-16(2)28(24(29)22(15)21)13-17-4-6-20(30-3)7-5-17/h4-12,14,16H,13H2,1-3H3. The van der Waals surface area contributed by atoms with Gasteiger partial charge in [0.25, 0.3) is 5.91 Å². The van der Waals surface area contributed by atoms with E-state index in [1.54, 1.807) is 13.4 Å². The molecule has 2 aromatic carbocycles. The number of aryl methyl sites for hydroxylation is 1. The number of nitrogens with zero attached hydrogens (tertiary/aromatic N) is 4. The van der Waals surface area contributed by atoms with Crippen LogP contribution in [-0.2, 0) is 6.54 Å². The Labute approximate surface area is 174 Å². The molecule has 6 heteroatoms. The van der Waals surface area contributed by atoms with Crippen LogP contribution in [-0.4, -0.2) is 32.5 Å². The number of benzene rings is 2. The Balaban J connectivity index is 1.52. The molecule has 1 amide bonds. The number of fused-ring (bicyclic) bond motifs is 2. The van der Waals surface area contributed by atoms with Crippen molar-refractivity contribution in [3.8, 4) is 11.4 Å². The molecule has 150 valence electrons. The van der Waals surface area contributed by atoms with E-state index in [4.69, 9.17) is 4.74 Å². The maximum atomic E-state index is 13.2. The molecule has 30 heavy (non-hydrogen) atoms. The SMILES string of the molecule is COc1ccc(CN2C(=O)c3c(C)cc(-n4ccc5cncnc54)cc3C2C)cc1. The van der Waals surface area contributed by atoms with Gasteiger partial charge in [0.15, 0.2) is 0 Å². The lowest BCUT2D eigenvalue weighted by molar-refractivity contribution is 0.0722. The van der Waals surface area contributed by atoms with Gasteiger partial charge in [-0.2, -0.15) is 0 Å². The van der Waals surface area contributed by atoms with E-state index in [-0.39, 0.29) is 11.9 Å². The van der Waals surface area contributed by atoms with Gasteiger partial charge in [-0.05, 0) is 60.9 Å². The van der Waals surface area contributed by atoms with Crippen LogP contribution in [0, 0.1) is 6.92 Å². The van der Waals surface area contributed by atoms with Crippen molar-refractivity contribution >= 4 is 16.9 Å². The molecule has 3 heterocycles. The molecule has 1 unspecified atom stereocenters. The smallest absolute Gasteiger partial charge is 0.255 e. The fourth-order valence-corrected chi connectivity index (χ4v) is 4.27. The van der Waals surface area contributed by atoms with Crippen LogP contribution in [0.1, 0.15) is 40.0 Å². The molecule has 1 atom stereocenters. The van der Waals surface area contributed by atoms with Gasteiger partial charge in [0.2, 0.25) is 0 Å². The molecular weight excluding hydrogens is 376 g/mol. The van der Waals surface area contributed by atoms with Crippen LogP contribution in [0.25, 0.3) is 16.7 Å². The Hall–Kier alpha value is -3.67. The molecule has 4 aromatic rings. The first-order valence-electron chi connectivity index (χ1n) is 9.92. The molecule has 0 radical (unpaired) electrons.